The number of aromatic nitrogens is 3. The highest BCUT2D eigenvalue weighted by Gasteiger charge is 2.27. The monoisotopic (exact) mass is 265 g/mol. The lowest BCUT2D eigenvalue weighted by Gasteiger charge is -2.10. The van der Waals surface area contributed by atoms with Gasteiger partial charge in [0.05, 0.1) is 5.39 Å². The maximum atomic E-state index is 12.1. The highest BCUT2D eigenvalue weighted by Crippen LogP contribution is 2.23. The summed E-state index contributed by atoms with van der Waals surface area (Å²) in [6, 6.07) is 1.58. The van der Waals surface area contributed by atoms with Gasteiger partial charge in [0.15, 0.2) is 0 Å². The quantitative estimate of drug-likeness (QED) is 0.746. The number of H-pyrrole nitrogens is 1. The molecule has 0 amide bonds. The largest absolute Gasteiger partial charge is 0.405 e. The number of rotatable bonds is 3. The van der Waals surface area contributed by atoms with Gasteiger partial charge in [0, 0.05) is 18.0 Å². The summed E-state index contributed by atoms with van der Waals surface area (Å²) in [5.74, 6) is 0.0861. The number of nitrogens with zero attached hydrogens (tertiary/aromatic N) is 2. The molecule has 2 aromatic heterocycles. The van der Waals surface area contributed by atoms with E-state index in [-0.39, 0.29) is 11.8 Å². The molecule has 2 aromatic rings. The summed E-state index contributed by atoms with van der Waals surface area (Å²) in [4.78, 5) is 12.7. The Labute approximate surface area is 98.5 Å². The standard InChI is InChI=1S/C8H7ClF3N5/c9-17-7-15-5-4(1-2-13-5)6(16-7)14-3-8(10,11)12/h1-2H,3H2,(H3,13,14,15,16,17). The summed E-state index contributed by atoms with van der Waals surface area (Å²) in [5.41, 5.74) is 0.396. The second-order valence-electron chi connectivity index (χ2n) is 3.20. The third kappa shape index (κ3) is 2.70. The van der Waals surface area contributed by atoms with E-state index in [0.717, 1.165) is 0 Å². The van der Waals surface area contributed by atoms with Crippen molar-refractivity contribution in [3.8, 4) is 0 Å². The molecule has 0 fully saturated rings. The van der Waals surface area contributed by atoms with Crippen LogP contribution in [0.15, 0.2) is 12.3 Å². The van der Waals surface area contributed by atoms with Gasteiger partial charge in [0.25, 0.3) is 0 Å². The van der Waals surface area contributed by atoms with E-state index in [1.807, 2.05) is 0 Å². The Morgan fingerprint density at radius 2 is 2.12 bits per heavy atom. The van der Waals surface area contributed by atoms with Crippen LogP contribution in [0.2, 0.25) is 0 Å². The van der Waals surface area contributed by atoms with Crippen LogP contribution in [-0.2, 0) is 0 Å². The molecule has 92 valence electrons. The summed E-state index contributed by atoms with van der Waals surface area (Å²) < 4.78 is 36.3. The Bertz CT molecular complexity index is 523. The lowest BCUT2D eigenvalue weighted by molar-refractivity contribution is -0.115. The minimum atomic E-state index is -4.32. The first-order valence-electron chi connectivity index (χ1n) is 4.52. The molecule has 0 unspecified atom stereocenters. The molecule has 5 nitrogen and oxygen atoms in total. The first-order valence-corrected chi connectivity index (χ1v) is 4.90. The van der Waals surface area contributed by atoms with E-state index in [1.165, 1.54) is 0 Å². The fourth-order valence-corrected chi connectivity index (χ4v) is 1.39. The van der Waals surface area contributed by atoms with E-state index in [0.29, 0.717) is 11.0 Å². The number of hydrogen-bond acceptors (Lipinski definition) is 4. The number of fused-ring (bicyclic) bond motifs is 1. The van der Waals surface area contributed by atoms with Gasteiger partial charge in [-0.3, -0.25) is 4.84 Å². The molecule has 3 N–H and O–H groups in total. The molecule has 0 saturated heterocycles. The molecule has 0 saturated carbocycles. The Morgan fingerprint density at radius 3 is 2.76 bits per heavy atom. The highest BCUT2D eigenvalue weighted by atomic mass is 35.5. The van der Waals surface area contributed by atoms with Crippen molar-refractivity contribution in [1.29, 1.82) is 0 Å². The summed E-state index contributed by atoms with van der Waals surface area (Å²) in [6.07, 6.45) is -2.77. The fraction of sp³-hybridized carbons (Fsp3) is 0.250. The SMILES string of the molecule is FC(F)(F)CNc1nc(NCl)nc2[nH]ccc12. The van der Waals surface area contributed by atoms with Gasteiger partial charge in [-0.25, -0.2) is 0 Å². The summed E-state index contributed by atoms with van der Waals surface area (Å²) in [7, 11) is 0. The Kier molecular flexibility index (Phi) is 2.97. The highest BCUT2D eigenvalue weighted by molar-refractivity contribution is 6.23. The summed E-state index contributed by atoms with van der Waals surface area (Å²) in [5, 5.41) is 2.66. The molecule has 0 radical (unpaired) electrons. The fourth-order valence-electron chi connectivity index (χ4n) is 1.30. The molecular formula is C8H7ClF3N5. The van der Waals surface area contributed by atoms with Gasteiger partial charge in [-0.2, -0.15) is 23.1 Å². The number of alkyl halides is 3. The van der Waals surface area contributed by atoms with Crippen molar-refractivity contribution in [1.82, 2.24) is 15.0 Å². The maximum absolute atomic E-state index is 12.1. The van der Waals surface area contributed by atoms with Crippen molar-refractivity contribution in [2.45, 2.75) is 6.18 Å². The predicted octanol–water partition coefficient (Wildman–Crippen LogP) is 2.50. The van der Waals surface area contributed by atoms with Crippen molar-refractivity contribution in [3.05, 3.63) is 12.3 Å². The Morgan fingerprint density at radius 1 is 1.35 bits per heavy atom. The van der Waals surface area contributed by atoms with Gasteiger partial charge in [-0.05, 0) is 6.07 Å². The van der Waals surface area contributed by atoms with Gasteiger partial charge in [-0.15, -0.1) is 0 Å². The molecule has 0 bridgehead atoms. The van der Waals surface area contributed by atoms with E-state index in [9.17, 15) is 13.2 Å². The smallest absolute Gasteiger partial charge is 0.360 e. The Balaban J connectivity index is 2.34. The zero-order chi connectivity index (χ0) is 12.5. The van der Waals surface area contributed by atoms with Crippen LogP contribution in [-0.4, -0.2) is 27.7 Å². The molecule has 0 aromatic carbocycles. The molecule has 0 aliphatic carbocycles. The van der Waals surface area contributed by atoms with E-state index >= 15 is 0 Å². The van der Waals surface area contributed by atoms with Crippen LogP contribution in [0, 0.1) is 0 Å². The van der Waals surface area contributed by atoms with Crippen LogP contribution in [0.4, 0.5) is 24.9 Å². The topological polar surface area (TPSA) is 65.6 Å². The summed E-state index contributed by atoms with van der Waals surface area (Å²) in [6.45, 7) is -1.17. The van der Waals surface area contributed by atoms with Crippen LogP contribution in [0.3, 0.4) is 0 Å². The normalized spacial score (nSPS) is 11.8. The minimum absolute atomic E-state index is 0.0197. The van der Waals surface area contributed by atoms with Gasteiger partial charge in [0.2, 0.25) is 5.95 Å². The molecule has 0 atom stereocenters. The number of anilines is 2. The molecular weight excluding hydrogens is 259 g/mol. The molecule has 0 aliphatic heterocycles. The van der Waals surface area contributed by atoms with Crippen molar-refractivity contribution in [2.75, 3.05) is 16.7 Å². The van der Waals surface area contributed by atoms with Gasteiger partial charge >= 0.3 is 6.18 Å². The third-order valence-corrected chi connectivity index (χ3v) is 2.13. The van der Waals surface area contributed by atoms with Gasteiger partial charge in [-0.1, -0.05) is 0 Å². The predicted molar refractivity (Wildman–Crippen MR) is 57.9 cm³/mol. The molecule has 0 aliphatic rings. The van der Waals surface area contributed by atoms with Gasteiger partial charge in [0.1, 0.15) is 18.0 Å². The van der Waals surface area contributed by atoms with Crippen LogP contribution < -0.4 is 10.2 Å². The number of hydrogen-bond donors (Lipinski definition) is 3. The molecule has 2 heterocycles. The molecule has 9 heteroatoms. The van der Waals surface area contributed by atoms with E-state index in [2.05, 4.69) is 25.1 Å². The van der Waals surface area contributed by atoms with Crippen molar-refractivity contribution in [2.24, 2.45) is 0 Å². The maximum Gasteiger partial charge on any atom is 0.405 e. The zero-order valence-corrected chi connectivity index (χ0v) is 9.02. The lowest BCUT2D eigenvalue weighted by Crippen LogP contribution is -2.22. The van der Waals surface area contributed by atoms with Crippen molar-refractivity contribution >= 4 is 34.6 Å². The van der Waals surface area contributed by atoms with E-state index in [4.69, 9.17) is 11.8 Å². The average Bonchev–Trinajstić information content (AvgIpc) is 2.72. The third-order valence-electron chi connectivity index (χ3n) is 1.96. The number of aromatic amines is 1. The van der Waals surface area contributed by atoms with E-state index in [1.54, 1.807) is 12.3 Å². The van der Waals surface area contributed by atoms with E-state index < -0.39 is 12.7 Å². The first kappa shape index (κ1) is 11.8. The van der Waals surface area contributed by atoms with Gasteiger partial charge < -0.3 is 10.3 Å². The van der Waals surface area contributed by atoms with Crippen LogP contribution in [0.25, 0.3) is 11.0 Å². The van der Waals surface area contributed by atoms with Crippen LogP contribution in [0.5, 0.6) is 0 Å². The van der Waals surface area contributed by atoms with Crippen molar-refractivity contribution < 1.29 is 13.2 Å². The first-order chi connectivity index (χ1) is 7.99. The zero-order valence-electron chi connectivity index (χ0n) is 8.27. The minimum Gasteiger partial charge on any atom is -0.360 e. The molecule has 17 heavy (non-hydrogen) atoms. The number of halogens is 4. The second kappa shape index (κ2) is 4.28. The summed E-state index contributed by atoms with van der Waals surface area (Å²) >= 11 is 5.32. The second-order valence-corrected chi connectivity index (χ2v) is 3.39. The Hall–Kier alpha value is -1.70. The van der Waals surface area contributed by atoms with Crippen LogP contribution in [0.1, 0.15) is 0 Å². The van der Waals surface area contributed by atoms with Crippen molar-refractivity contribution in [3.63, 3.8) is 0 Å². The molecule has 2 rings (SSSR count). The number of nitrogens with one attached hydrogen (secondary N) is 3. The average molecular weight is 266 g/mol. The van der Waals surface area contributed by atoms with Crippen LogP contribution >= 0.6 is 11.8 Å². The molecule has 0 spiro atoms. The lowest BCUT2D eigenvalue weighted by atomic mass is 10.3.